The van der Waals surface area contributed by atoms with Gasteiger partial charge in [0.15, 0.2) is 5.96 Å². The van der Waals surface area contributed by atoms with Crippen LogP contribution in [0.15, 0.2) is 65.7 Å². The molecule has 1 aliphatic heterocycles. The molecule has 0 unspecified atom stereocenters. The first-order valence-corrected chi connectivity index (χ1v) is 9.50. The van der Waals surface area contributed by atoms with E-state index >= 15 is 0 Å². The first-order chi connectivity index (χ1) is 13.2. The zero-order chi connectivity index (χ0) is 18.9. The molecule has 1 aliphatic rings. The van der Waals surface area contributed by atoms with E-state index in [1.165, 1.54) is 23.4 Å². The second kappa shape index (κ2) is 11.7. The Morgan fingerprint density at radius 2 is 1.61 bits per heavy atom. The summed E-state index contributed by atoms with van der Waals surface area (Å²) in [5.41, 5.74) is 3.53. The zero-order valence-electron chi connectivity index (χ0n) is 16.2. The summed E-state index contributed by atoms with van der Waals surface area (Å²) >= 11 is 0. The molecule has 0 saturated heterocycles. The van der Waals surface area contributed by atoms with Gasteiger partial charge in [-0.05, 0) is 48.7 Å². The SMILES string of the molecule is CCNC(=NCc1ccc(N2CC=CC2)cc1)NCCc1ccc(F)cc1.I. The van der Waals surface area contributed by atoms with Gasteiger partial charge in [-0.15, -0.1) is 24.0 Å². The number of rotatable bonds is 7. The highest BCUT2D eigenvalue weighted by Crippen LogP contribution is 2.17. The molecule has 0 radical (unpaired) electrons. The van der Waals surface area contributed by atoms with Crippen LogP contribution in [0.25, 0.3) is 0 Å². The quantitative estimate of drug-likeness (QED) is 0.264. The summed E-state index contributed by atoms with van der Waals surface area (Å²) in [7, 11) is 0. The van der Waals surface area contributed by atoms with Crippen LogP contribution < -0.4 is 15.5 Å². The molecule has 0 amide bonds. The van der Waals surface area contributed by atoms with E-state index in [1.54, 1.807) is 0 Å². The summed E-state index contributed by atoms with van der Waals surface area (Å²) in [5.74, 6) is 0.598. The number of halogens is 2. The summed E-state index contributed by atoms with van der Waals surface area (Å²) in [6.45, 7) is 6.21. The largest absolute Gasteiger partial charge is 0.364 e. The third-order valence-electron chi connectivity index (χ3n) is 4.50. The molecule has 3 rings (SSSR count). The van der Waals surface area contributed by atoms with Gasteiger partial charge in [0.2, 0.25) is 0 Å². The summed E-state index contributed by atoms with van der Waals surface area (Å²) in [6, 6.07) is 15.2. The summed E-state index contributed by atoms with van der Waals surface area (Å²) in [6.07, 6.45) is 5.21. The van der Waals surface area contributed by atoms with E-state index in [9.17, 15) is 4.39 Å². The average molecular weight is 494 g/mol. The van der Waals surface area contributed by atoms with Crippen LogP contribution in [-0.2, 0) is 13.0 Å². The lowest BCUT2D eigenvalue weighted by molar-refractivity contribution is 0.626. The molecule has 0 spiro atoms. The minimum atomic E-state index is -0.200. The molecule has 0 aromatic heterocycles. The third kappa shape index (κ3) is 6.82. The van der Waals surface area contributed by atoms with Crippen molar-refractivity contribution in [3.63, 3.8) is 0 Å². The van der Waals surface area contributed by atoms with E-state index in [0.717, 1.165) is 44.1 Å². The minimum Gasteiger partial charge on any atom is -0.364 e. The molecule has 0 aliphatic carbocycles. The molecule has 6 heteroatoms. The predicted octanol–water partition coefficient (Wildman–Crippen LogP) is 4.12. The molecule has 28 heavy (non-hydrogen) atoms. The lowest BCUT2D eigenvalue weighted by atomic mass is 10.1. The smallest absolute Gasteiger partial charge is 0.191 e. The van der Waals surface area contributed by atoms with Gasteiger partial charge >= 0.3 is 0 Å². The van der Waals surface area contributed by atoms with Gasteiger partial charge in [0.1, 0.15) is 5.82 Å². The third-order valence-corrected chi connectivity index (χ3v) is 4.50. The van der Waals surface area contributed by atoms with Crippen molar-refractivity contribution in [3.05, 3.63) is 77.6 Å². The summed E-state index contributed by atoms with van der Waals surface area (Å²) in [4.78, 5) is 6.99. The average Bonchev–Trinajstić information content (AvgIpc) is 3.23. The van der Waals surface area contributed by atoms with Gasteiger partial charge < -0.3 is 15.5 Å². The zero-order valence-corrected chi connectivity index (χ0v) is 18.5. The van der Waals surface area contributed by atoms with Crippen LogP contribution in [0, 0.1) is 5.82 Å². The van der Waals surface area contributed by atoms with Crippen LogP contribution in [0.5, 0.6) is 0 Å². The topological polar surface area (TPSA) is 39.7 Å². The van der Waals surface area contributed by atoms with Crippen molar-refractivity contribution >= 4 is 35.6 Å². The number of nitrogens with zero attached hydrogens (tertiary/aromatic N) is 2. The Kier molecular flexibility index (Phi) is 9.27. The van der Waals surface area contributed by atoms with Crippen LogP contribution in [0.4, 0.5) is 10.1 Å². The maximum atomic E-state index is 13.0. The lowest BCUT2D eigenvalue weighted by Gasteiger charge is -2.17. The Bertz CT molecular complexity index is 764. The molecular formula is C22H28FIN4. The van der Waals surface area contributed by atoms with Gasteiger partial charge in [-0.1, -0.05) is 36.4 Å². The van der Waals surface area contributed by atoms with Gasteiger partial charge in [-0.3, -0.25) is 0 Å². The van der Waals surface area contributed by atoms with Crippen molar-refractivity contribution in [2.24, 2.45) is 4.99 Å². The fraction of sp³-hybridized carbons (Fsp3) is 0.318. The fourth-order valence-electron chi connectivity index (χ4n) is 2.99. The number of aliphatic imine (C=N–C) groups is 1. The molecule has 2 aromatic carbocycles. The molecule has 1 heterocycles. The molecule has 2 N–H and O–H groups in total. The second-order valence-electron chi connectivity index (χ2n) is 6.54. The Balaban J connectivity index is 0.00000280. The van der Waals surface area contributed by atoms with Crippen LogP contribution in [-0.4, -0.2) is 32.1 Å². The fourth-order valence-corrected chi connectivity index (χ4v) is 2.99. The monoisotopic (exact) mass is 494 g/mol. The van der Waals surface area contributed by atoms with Gasteiger partial charge in [0.05, 0.1) is 6.54 Å². The van der Waals surface area contributed by atoms with Crippen molar-refractivity contribution in [1.29, 1.82) is 0 Å². The number of nitrogens with one attached hydrogen (secondary N) is 2. The molecule has 2 aromatic rings. The molecular weight excluding hydrogens is 466 g/mol. The Hall–Kier alpha value is -2.09. The van der Waals surface area contributed by atoms with E-state index < -0.39 is 0 Å². The summed E-state index contributed by atoms with van der Waals surface area (Å²) < 4.78 is 13.0. The molecule has 150 valence electrons. The standard InChI is InChI=1S/C22H27FN4.HI/c1-2-24-22(25-14-13-18-5-9-20(23)10-6-18)26-17-19-7-11-21(12-8-19)27-15-3-4-16-27;/h3-12H,2,13-17H2,1H3,(H2,24,25,26);1H. The lowest BCUT2D eigenvalue weighted by Crippen LogP contribution is -2.38. The van der Waals surface area contributed by atoms with Gasteiger partial charge in [0, 0.05) is 31.9 Å². The second-order valence-corrected chi connectivity index (χ2v) is 6.54. The van der Waals surface area contributed by atoms with E-state index in [2.05, 4.69) is 63.9 Å². The highest BCUT2D eigenvalue weighted by atomic mass is 127. The number of benzene rings is 2. The van der Waals surface area contributed by atoms with Crippen LogP contribution >= 0.6 is 24.0 Å². The summed E-state index contributed by atoms with van der Waals surface area (Å²) in [5, 5.41) is 6.61. The van der Waals surface area contributed by atoms with Crippen LogP contribution in [0.3, 0.4) is 0 Å². The van der Waals surface area contributed by atoms with Gasteiger partial charge in [-0.2, -0.15) is 0 Å². The van der Waals surface area contributed by atoms with Crippen molar-refractivity contribution < 1.29 is 4.39 Å². The number of hydrogen-bond acceptors (Lipinski definition) is 2. The first kappa shape index (κ1) is 22.2. The number of anilines is 1. The van der Waals surface area contributed by atoms with Crippen molar-refractivity contribution in [2.45, 2.75) is 19.9 Å². The Labute approximate surface area is 184 Å². The maximum Gasteiger partial charge on any atom is 0.191 e. The maximum absolute atomic E-state index is 13.0. The normalized spacial score (nSPS) is 13.4. The van der Waals surface area contributed by atoms with E-state index in [-0.39, 0.29) is 29.8 Å². The molecule has 0 bridgehead atoms. The predicted molar refractivity (Wildman–Crippen MR) is 126 cm³/mol. The van der Waals surface area contributed by atoms with Crippen molar-refractivity contribution in [3.8, 4) is 0 Å². The van der Waals surface area contributed by atoms with Crippen LogP contribution in [0.1, 0.15) is 18.1 Å². The minimum absolute atomic E-state index is 0. The van der Waals surface area contributed by atoms with Crippen LogP contribution in [0.2, 0.25) is 0 Å². The van der Waals surface area contributed by atoms with Gasteiger partial charge in [-0.25, -0.2) is 9.38 Å². The Morgan fingerprint density at radius 1 is 0.964 bits per heavy atom. The molecule has 4 nitrogen and oxygen atoms in total. The van der Waals surface area contributed by atoms with E-state index in [0.29, 0.717) is 6.54 Å². The molecule has 0 saturated carbocycles. The van der Waals surface area contributed by atoms with E-state index in [4.69, 9.17) is 0 Å². The molecule has 0 fully saturated rings. The number of guanidine groups is 1. The highest BCUT2D eigenvalue weighted by Gasteiger charge is 2.07. The van der Waals surface area contributed by atoms with Crippen molar-refractivity contribution in [2.75, 3.05) is 31.1 Å². The van der Waals surface area contributed by atoms with Crippen molar-refractivity contribution in [1.82, 2.24) is 10.6 Å². The van der Waals surface area contributed by atoms with E-state index in [1.807, 2.05) is 12.1 Å². The highest BCUT2D eigenvalue weighted by molar-refractivity contribution is 14.0. The number of hydrogen-bond donors (Lipinski definition) is 2. The Morgan fingerprint density at radius 3 is 2.25 bits per heavy atom. The van der Waals surface area contributed by atoms with Gasteiger partial charge in [0.25, 0.3) is 0 Å². The first-order valence-electron chi connectivity index (χ1n) is 9.50. The molecule has 0 atom stereocenters.